The predicted molar refractivity (Wildman–Crippen MR) is 125 cm³/mol. The summed E-state index contributed by atoms with van der Waals surface area (Å²) < 4.78 is 6.02. The molecule has 6 rings (SSSR count). The lowest BCUT2D eigenvalue weighted by Gasteiger charge is -2.42. The normalized spacial score (nSPS) is 18.0. The van der Waals surface area contributed by atoms with Crippen molar-refractivity contribution in [3.8, 4) is 16.9 Å². The SMILES string of the molecule is Cc1ccc2cc[nH]c(=O)c2c1-c1cc2ncc3c(c2cc1Cl)N1CCNC[C@@H]1CO3. The Labute approximate surface area is 183 Å². The van der Waals surface area contributed by atoms with Gasteiger partial charge in [-0.3, -0.25) is 9.78 Å². The molecule has 156 valence electrons. The van der Waals surface area contributed by atoms with Gasteiger partial charge in [-0.15, -0.1) is 0 Å². The van der Waals surface area contributed by atoms with Crippen LogP contribution in [-0.4, -0.2) is 42.3 Å². The molecule has 1 fully saturated rings. The molecular formula is C24H21ClN4O2. The second-order valence-corrected chi connectivity index (χ2v) is 8.62. The summed E-state index contributed by atoms with van der Waals surface area (Å²) in [5, 5.41) is 6.54. The minimum Gasteiger partial charge on any atom is -0.488 e. The summed E-state index contributed by atoms with van der Waals surface area (Å²) in [7, 11) is 0. The number of nitrogens with zero attached hydrogens (tertiary/aromatic N) is 2. The number of ether oxygens (including phenoxy) is 1. The molecule has 1 saturated heterocycles. The van der Waals surface area contributed by atoms with Crippen LogP contribution >= 0.6 is 11.6 Å². The second-order valence-electron chi connectivity index (χ2n) is 8.21. The van der Waals surface area contributed by atoms with Gasteiger partial charge in [-0.2, -0.15) is 0 Å². The fraction of sp³-hybridized carbons (Fsp3) is 0.250. The molecular weight excluding hydrogens is 412 g/mol. The Morgan fingerprint density at radius 1 is 1.26 bits per heavy atom. The smallest absolute Gasteiger partial charge is 0.256 e. The highest BCUT2D eigenvalue weighted by atomic mass is 35.5. The van der Waals surface area contributed by atoms with Crippen LogP contribution in [0.15, 0.2) is 47.5 Å². The van der Waals surface area contributed by atoms with Crippen molar-refractivity contribution >= 4 is 39.0 Å². The molecule has 2 aromatic heterocycles. The maximum Gasteiger partial charge on any atom is 0.256 e. The van der Waals surface area contributed by atoms with Crippen molar-refractivity contribution in [2.45, 2.75) is 13.0 Å². The number of H-pyrrole nitrogens is 1. The van der Waals surface area contributed by atoms with E-state index in [4.69, 9.17) is 16.3 Å². The zero-order valence-corrected chi connectivity index (χ0v) is 17.8. The van der Waals surface area contributed by atoms with Gasteiger partial charge in [-0.05, 0) is 41.6 Å². The van der Waals surface area contributed by atoms with Crippen molar-refractivity contribution in [1.82, 2.24) is 15.3 Å². The molecule has 0 spiro atoms. The fourth-order valence-corrected chi connectivity index (χ4v) is 5.16. The Morgan fingerprint density at radius 3 is 3.06 bits per heavy atom. The minimum absolute atomic E-state index is 0.122. The summed E-state index contributed by atoms with van der Waals surface area (Å²) in [5.74, 6) is 0.798. The molecule has 4 aromatic rings. The highest BCUT2D eigenvalue weighted by Gasteiger charge is 2.32. The van der Waals surface area contributed by atoms with Crippen molar-refractivity contribution in [2.24, 2.45) is 0 Å². The van der Waals surface area contributed by atoms with E-state index in [0.29, 0.717) is 23.1 Å². The fourth-order valence-electron chi connectivity index (χ4n) is 4.90. The van der Waals surface area contributed by atoms with Gasteiger partial charge in [-0.25, -0.2) is 0 Å². The first kappa shape index (κ1) is 18.7. The number of hydrogen-bond acceptors (Lipinski definition) is 5. The van der Waals surface area contributed by atoms with E-state index in [1.165, 1.54) is 0 Å². The lowest BCUT2D eigenvalue weighted by molar-refractivity contribution is 0.247. The molecule has 7 heteroatoms. The van der Waals surface area contributed by atoms with Crippen molar-refractivity contribution in [3.05, 3.63) is 63.7 Å². The van der Waals surface area contributed by atoms with Crippen LogP contribution in [0.1, 0.15) is 5.56 Å². The van der Waals surface area contributed by atoms with Crippen LogP contribution in [-0.2, 0) is 0 Å². The number of aromatic nitrogens is 2. The number of anilines is 1. The van der Waals surface area contributed by atoms with Crippen LogP contribution in [0.4, 0.5) is 5.69 Å². The number of aromatic amines is 1. The Kier molecular flexibility index (Phi) is 4.20. The molecule has 0 aliphatic carbocycles. The molecule has 0 unspecified atom stereocenters. The molecule has 2 aromatic carbocycles. The number of piperazine rings is 1. The van der Waals surface area contributed by atoms with E-state index in [1.807, 2.05) is 37.3 Å². The van der Waals surface area contributed by atoms with Crippen LogP contribution in [0.2, 0.25) is 5.02 Å². The summed E-state index contributed by atoms with van der Waals surface area (Å²) in [6, 6.07) is 10.2. The van der Waals surface area contributed by atoms with Crippen molar-refractivity contribution in [1.29, 1.82) is 0 Å². The number of aryl methyl sites for hydroxylation is 1. The summed E-state index contributed by atoms with van der Waals surface area (Å²) in [6.07, 6.45) is 3.47. The van der Waals surface area contributed by atoms with Gasteiger partial charge >= 0.3 is 0 Å². The molecule has 0 saturated carbocycles. The number of nitrogens with one attached hydrogen (secondary N) is 2. The Hall–Kier alpha value is -3.09. The van der Waals surface area contributed by atoms with E-state index in [-0.39, 0.29) is 5.56 Å². The van der Waals surface area contributed by atoms with Crippen LogP contribution in [0.3, 0.4) is 0 Å². The average molecular weight is 433 g/mol. The van der Waals surface area contributed by atoms with Crippen molar-refractivity contribution in [2.75, 3.05) is 31.1 Å². The predicted octanol–water partition coefficient (Wildman–Crippen LogP) is 3.88. The third-order valence-electron chi connectivity index (χ3n) is 6.38. The van der Waals surface area contributed by atoms with Crippen molar-refractivity contribution < 1.29 is 4.74 Å². The lowest BCUT2D eigenvalue weighted by Crippen LogP contribution is -2.55. The molecule has 2 N–H and O–H groups in total. The zero-order valence-electron chi connectivity index (χ0n) is 17.0. The second kappa shape index (κ2) is 6.97. The molecule has 31 heavy (non-hydrogen) atoms. The summed E-state index contributed by atoms with van der Waals surface area (Å²) in [6.45, 7) is 5.39. The van der Waals surface area contributed by atoms with E-state index in [9.17, 15) is 4.79 Å². The van der Waals surface area contributed by atoms with Crippen molar-refractivity contribution in [3.63, 3.8) is 0 Å². The van der Waals surface area contributed by atoms with Gasteiger partial charge in [0.25, 0.3) is 5.56 Å². The van der Waals surface area contributed by atoms with Crippen LogP contribution in [0.25, 0.3) is 32.8 Å². The van der Waals surface area contributed by atoms with Gasteiger partial charge in [0.05, 0.1) is 28.8 Å². The van der Waals surface area contributed by atoms with Gasteiger partial charge in [-0.1, -0.05) is 23.7 Å². The minimum atomic E-state index is -0.122. The third-order valence-corrected chi connectivity index (χ3v) is 6.70. The molecule has 1 atom stereocenters. The Balaban J connectivity index is 1.62. The highest BCUT2D eigenvalue weighted by molar-refractivity contribution is 6.35. The maximum absolute atomic E-state index is 12.7. The number of rotatable bonds is 1. The molecule has 0 radical (unpaired) electrons. The van der Waals surface area contributed by atoms with Crippen LogP contribution in [0, 0.1) is 6.92 Å². The first-order valence-corrected chi connectivity index (χ1v) is 10.8. The Morgan fingerprint density at radius 2 is 2.16 bits per heavy atom. The molecule has 0 bridgehead atoms. The average Bonchev–Trinajstić information content (AvgIpc) is 2.79. The number of fused-ring (bicyclic) bond motifs is 6. The lowest BCUT2D eigenvalue weighted by atomic mass is 9.93. The molecule has 2 aliphatic rings. The van der Waals surface area contributed by atoms with Gasteiger partial charge < -0.3 is 19.9 Å². The molecule has 0 amide bonds. The standard InChI is InChI=1S/C24H21ClN4O2/c1-13-2-3-14-4-5-27-24(30)22(14)21(13)16-9-19-17(8-18(16)25)23-20(11-28-19)31-12-15-10-26-6-7-29(15)23/h2-5,8-9,11,15,26H,6-7,10,12H2,1H3,(H,27,30)/t15-/m1/s1. The molecule has 4 heterocycles. The van der Waals surface area contributed by atoms with Gasteiger partial charge in [0.15, 0.2) is 5.75 Å². The van der Waals surface area contributed by atoms with E-state index >= 15 is 0 Å². The number of halogens is 1. The topological polar surface area (TPSA) is 70.2 Å². The summed E-state index contributed by atoms with van der Waals surface area (Å²) in [4.78, 5) is 22.6. The molecule has 2 aliphatic heterocycles. The van der Waals surface area contributed by atoms with E-state index < -0.39 is 0 Å². The van der Waals surface area contributed by atoms with Gasteiger partial charge in [0, 0.05) is 41.8 Å². The number of pyridine rings is 2. The zero-order chi connectivity index (χ0) is 21.1. The third kappa shape index (κ3) is 2.82. The van der Waals surface area contributed by atoms with E-state index in [0.717, 1.165) is 64.1 Å². The summed E-state index contributed by atoms with van der Waals surface area (Å²) in [5.41, 5.74) is 4.43. The number of benzene rings is 2. The van der Waals surface area contributed by atoms with E-state index in [2.05, 4.69) is 20.2 Å². The van der Waals surface area contributed by atoms with Gasteiger partial charge in [0.2, 0.25) is 0 Å². The monoisotopic (exact) mass is 432 g/mol. The first-order chi connectivity index (χ1) is 15.1. The van der Waals surface area contributed by atoms with Gasteiger partial charge in [0.1, 0.15) is 6.61 Å². The van der Waals surface area contributed by atoms with Crippen LogP contribution in [0.5, 0.6) is 5.75 Å². The quantitative estimate of drug-likeness (QED) is 0.477. The first-order valence-electron chi connectivity index (χ1n) is 10.5. The number of hydrogen-bond donors (Lipinski definition) is 2. The van der Waals surface area contributed by atoms with E-state index in [1.54, 1.807) is 12.4 Å². The molecule has 6 nitrogen and oxygen atoms in total. The summed E-state index contributed by atoms with van der Waals surface area (Å²) >= 11 is 6.87. The Bertz CT molecular complexity index is 1410. The largest absolute Gasteiger partial charge is 0.488 e. The maximum atomic E-state index is 12.7. The van der Waals surface area contributed by atoms with Crippen LogP contribution < -0.4 is 20.5 Å². The highest BCUT2D eigenvalue weighted by Crippen LogP contribution is 2.43.